The average molecular weight is 476 g/mol. The van der Waals surface area contributed by atoms with Crippen molar-refractivity contribution < 1.29 is 29.6 Å². The van der Waals surface area contributed by atoms with Crippen molar-refractivity contribution in [3.63, 3.8) is 0 Å². The predicted molar refractivity (Wildman–Crippen MR) is 99.6 cm³/mol. The standard InChI is InChI=1S/C21H19INO2S/c24-26(25,23-16-6-8-17-7-4-5-11-21(17)23)20-14-12-19(13-15-20)22-18-9-2-1-3-10-18/h1-5,7,9-15H,6,8,16H2/q-1. The SMILES string of the molecule is O=S(=O)(c1ccc([I-]c2ccccc2)cc1)N1CCCc2ccccc21. The number of sulfonamides is 1. The molecule has 4 rings (SSSR count). The second-order valence-electron chi connectivity index (χ2n) is 6.15. The van der Waals surface area contributed by atoms with Crippen molar-refractivity contribution >= 4 is 15.7 Å². The van der Waals surface area contributed by atoms with Gasteiger partial charge in [-0.15, -0.1) is 0 Å². The van der Waals surface area contributed by atoms with Gasteiger partial charge >= 0.3 is 165 Å². The number of halogens is 1. The molecule has 0 radical (unpaired) electrons. The molecular formula is C21H19INO2S-. The van der Waals surface area contributed by atoms with Gasteiger partial charge in [-0.25, -0.2) is 0 Å². The van der Waals surface area contributed by atoms with Crippen LogP contribution in [0.2, 0.25) is 0 Å². The maximum atomic E-state index is 13.2. The monoisotopic (exact) mass is 476 g/mol. The van der Waals surface area contributed by atoms with Gasteiger partial charge in [-0.05, 0) is 0 Å². The molecule has 0 N–H and O–H groups in total. The number of aryl methyl sites for hydroxylation is 1. The van der Waals surface area contributed by atoms with E-state index in [4.69, 9.17) is 0 Å². The molecule has 0 aromatic heterocycles. The van der Waals surface area contributed by atoms with Crippen molar-refractivity contribution in [2.45, 2.75) is 17.7 Å². The summed E-state index contributed by atoms with van der Waals surface area (Å²) in [7, 11) is -3.52. The average Bonchev–Trinajstić information content (AvgIpc) is 2.69. The molecule has 0 saturated carbocycles. The molecule has 26 heavy (non-hydrogen) atoms. The molecule has 0 unspecified atom stereocenters. The zero-order chi connectivity index (χ0) is 18.0. The summed E-state index contributed by atoms with van der Waals surface area (Å²) in [5, 5.41) is 0. The second kappa shape index (κ2) is 7.40. The Hall–Kier alpha value is -1.86. The van der Waals surface area contributed by atoms with Crippen LogP contribution in [0.25, 0.3) is 0 Å². The van der Waals surface area contributed by atoms with E-state index in [0.717, 1.165) is 24.1 Å². The molecule has 1 aliphatic heterocycles. The minimum absolute atomic E-state index is 0.287. The molecule has 0 aliphatic carbocycles. The minimum atomic E-state index is -3.52. The Morgan fingerprint density at radius 3 is 2.19 bits per heavy atom. The number of benzene rings is 3. The molecule has 3 aromatic rings. The van der Waals surface area contributed by atoms with Gasteiger partial charge in [-0.2, -0.15) is 0 Å². The summed E-state index contributed by atoms with van der Waals surface area (Å²) in [6, 6.07) is 25.6. The van der Waals surface area contributed by atoms with E-state index in [1.165, 1.54) is 7.14 Å². The van der Waals surface area contributed by atoms with Gasteiger partial charge in [0.05, 0.1) is 0 Å². The van der Waals surface area contributed by atoms with Crippen LogP contribution in [-0.2, 0) is 16.4 Å². The topological polar surface area (TPSA) is 37.4 Å². The van der Waals surface area contributed by atoms with E-state index >= 15 is 0 Å². The summed E-state index contributed by atoms with van der Waals surface area (Å²) >= 11 is -0.287. The van der Waals surface area contributed by atoms with Crippen LogP contribution >= 0.6 is 0 Å². The molecule has 134 valence electrons. The van der Waals surface area contributed by atoms with Crippen molar-refractivity contribution in [3.8, 4) is 0 Å². The fourth-order valence-electron chi connectivity index (χ4n) is 3.15. The summed E-state index contributed by atoms with van der Waals surface area (Å²) in [6.45, 7) is 0.540. The normalized spacial score (nSPS) is 14.2. The van der Waals surface area contributed by atoms with Gasteiger partial charge in [0, 0.05) is 0 Å². The quantitative estimate of drug-likeness (QED) is 0.527. The fraction of sp³-hybridized carbons (Fsp3) is 0.143. The molecule has 0 saturated heterocycles. The Balaban J connectivity index is 1.61. The number of hydrogen-bond donors (Lipinski definition) is 0. The van der Waals surface area contributed by atoms with Gasteiger partial charge in [0.2, 0.25) is 0 Å². The van der Waals surface area contributed by atoms with Crippen LogP contribution in [-0.4, -0.2) is 15.0 Å². The molecule has 0 spiro atoms. The molecule has 3 aromatic carbocycles. The van der Waals surface area contributed by atoms with Crippen molar-refractivity contribution in [2.75, 3.05) is 10.8 Å². The first-order chi connectivity index (χ1) is 12.6. The first-order valence-corrected chi connectivity index (χ1v) is 12.1. The Labute approximate surface area is 165 Å². The van der Waals surface area contributed by atoms with Crippen LogP contribution in [0, 0.1) is 7.14 Å². The second-order valence-corrected chi connectivity index (χ2v) is 11.0. The van der Waals surface area contributed by atoms with Crippen LogP contribution in [0.1, 0.15) is 12.0 Å². The number of rotatable bonds is 4. The summed E-state index contributed by atoms with van der Waals surface area (Å²) in [5.74, 6) is 0. The Kier molecular flexibility index (Phi) is 5.00. The first kappa shape index (κ1) is 17.5. The molecular weight excluding hydrogens is 457 g/mol. The van der Waals surface area contributed by atoms with Gasteiger partial charge in [0.15, 0.2) is 0 Å². The van der Waals surface area contributed by atoms with Gasteiger partial charge < -0.3 is 0 Å². The van der Waals surface area contributed by atoms with E-state index in [9.17, 15) is 8.42 Å². The van der Waals surface area contributed by atoms with Gasteiger partial charge in [0.25, 0.3) is 0 Å². The van der Waals surface area contributed by atoms with E-state index in [2.05, 4.69) is 12.1 Å². The Morgan fingerprint density at radius 2 is 1.42 bits per heavy atom. The zero-order valence-electron chi connectivity index (χ0n) is 14.2. The van der Waals surface area contributed by atoms with Crippen molar-refractivity contribution in [3.05, 3.63) is 91.6 Å². The first-order valence-electron chi connectivity index (χ1n) is 8.55. The van der Waals surface area contributed by atoms with E-state index < -0.39 is 10.0 Å². The number of para-hydroxylation sites is 1. The van der Waals surface area contributed by atoms with Crippen molar-refractivity contribution in [1.29, 1.82) is 0 Å². The summed E-state index contributed by atoms with van der Waals surface area (Å²) in [4.78, 5) is 0.370. The van der Waals surface area contributed by atoms with E-state index in [-0.39, 0.29) is 21.2 Å². The van der Waals surface area contributed by atoms with Crippen LogP contribution in [0.5, 0.6) is 0 Å². The Morgan fingerprint density at radius 1 is 0.769 bits per heavy atom. The fourth-order valence-corrected chi connectivity index (χ4v) is 6.90. The van der Waals surface area contributed by atoms with Crippen molar-refractivity contribution in [1.82, 2.24) is 0 Å². The molecule has 3 nitrogen and oxygen atoms in total. The van der Waals surface area contributed by atoms with Crippen LogP contribution < -0.4 is 25.5 Å². The summed E-state index contributed by atoms with van der Waals surface area (Å²) < 4.78 is 30.4. The van der Waals surface area contributed by atoms with Gasteiger partial charge in [0.1, 0.15) is 0 Å². The summed E-state index contributed by atoms with van der Waals surface area (Å²) in [6.07, 6.45) is 1.79. The molecule has 1 aliphatic rings. The number of fused-ring (bicyclic) bond motifs is 1. The molecule has 1 heterocycles. The van der Waals surface area contributed by atoms with Gasteiger partial charge in [-0.1, -0.05) is 0 Å². The molecule has 0 fully saturated rings. The number of anilines is 1. The number of nitrogens with zero attached hydrogens (tertiary/aromatic N) is 1. The van der Waals surface area contributed by atoms with E-state index in [1.54, 1.807) is 16.4 Å². The van der Waals surface area contributed by atoms with Gasteiger partial charge in [-0.3, -0.25) is 0 Å². The zero-order valence-corrected chi connectivity index (χ0v) is 17.2. The third kappa shape index (κ3) is 3.50. The molecule has 0 bridgehead atoms. The third-order valence-corrected chi connectivity index (χ3v) is 8.93. The third-order valence-electron chi connectivity index (χ3n) is 4.42. The Bertz CT molecular complexity index is 1000. The maximum absolute atomic E-state index is 13.2. The molecule has 5 heteroatoms. The van der Waals surface area contributed by atoms with E-state index in [1.807, 2.05) is 54.6 Å². The van der Waals surface area contributed by atoms with Crippen LogP contribution in [0.15, 0.2) is 83.8 Å². The van der Waals surface area contributed by atoms with Crippen LogP contribution in [0.3, 0.4) is 0 Å². The predicted octanol–water partition coefficient (Wildman–Crippen LogP) is 0.957. The van der Waals surface area contributed by atoms with Crippen LogP contribution in [0.4, 0.5) is 5.69 Å². The van der Waals surface area contributed by atoms with E-state index in [0.29, 0.717) is 11.4 Å². The summed E-state index contributed by atoms with van der Waals surface area (Å²) in [5.41, 5.74) is 1.92. The van der Waals surface area contributed by atoms with Crippen molar-refractivity contribution in [2.24, 2.45) is 0 Å². The molecule has 0 atom stereocenters. The molecule has 0 amide bonds. The number of hydrogen-bond acceptors (Lipinski definition) is 2.